The Kier molecular flexibility index (Phi) is 2.58. The molecule has 0 fully saturated rings. The molecule has 0 saturated heterocycles. The van der Waals surface area contributed by atoms with Gasteiger partial charge >= 0.3 is 5.97 Å². The lowest BCUT2D eigenvalue weighted by Gasteiger charge is -2.01. The summed E-state index contributed by atoms with van der Waals surface area (Å²) < 4.78 is 4.84. The third kappa shape index (κ3) is 1.93. The number of nitrogens with zero attached hydrogens (tertiary/aromatic N) is 2. The number of esters is 1. The van der Waals surface area contributed by atoms with Crippen LogP contribution in [0.5, 0.6) is 0 Å². The highest BCUT2D eigenvalue weighted by Crippen LogP contribution is 2.11. The van der Waals surface area contributed by atoms with Crippen LogP contribution >= 0.6 is 0 Å². The van der Waals surface area contributed by atoms with Gasteiger partial charge in [-0.15, -0.1) is 10.2 Å². The van der Waals surface area contributed by atoms with E-state index in [0.29, 0.717) is 6.61 Å². The number of fused-ring (bicyclic) bond motifs is 1. The van der Waals surface area contributed by atoms with E-state index in [-0.39, 0.29) is 5.69 Å². The minimum atomic E-state index is -0.434. The Morgan fingerprint density at radius 2 is 2.13 bits per heavy atom. The highest BCUT2D eigenvalue weighted by atomic mass is 16.5. The van der Waals surface area contributed by atoms with E-state index in [1.807, 2.05) is 24.3 Å². The van der Waals surface area contributed by atoms with Crippen molar-refractivity contribution < 1.29 is 9.53 Å². The van der Waals surface area contributed by atoms with Crippen molar-refractivity contribution >= 4 is 16.9 Å². The number of carbonyl (C=O) groups excluding carboxylic acids is 1. The van der Waals surface area contributed by atoms with Crippen LogP contribution in [0.2, 0.25) is 0 Å². The van der Waals surface area contributed by atoms with Crippen LogP contribution in [0.15, 0.2) is 30.3 Å². The highest BCUT2D eigenvalue weighted by Gasteiger charge is 2.09. The zero-order valence-corrected chi connectivity index (χ0v) is 8.30. The number of benzene rings is 1. The van der Waals surface area contributed by atoms with E-state index in [4.69, 9.17) is 4.74 Å². The quantitative estimate of drug-likeness (QED) is 0.697. The van der Waals surface area contributed by atoms with Gasteiger partial charge in [0, 0.05) is 5.39 Å². The Bertz CT molecular complexity index is 497. The summed E-state index contributed by atoms with van der Waals surface area (Å²) in [6.45, 7) is 2.10. The van der Waals surface area contributed by atoms with Crippen molar-refractivity contribution in [1.82, 2.24) is 10.2 Å². The standard InChI is InChI=1S/C11H10N2O2/c1-2-15-11(14)10-7-8-5-3-4-6-9(8)12-13-10/h3-7H,2H2,1H3. The van der Waals surface area contributed by atoms with Crippen LogP contribution in [0.4, 0.5) is 0 Å². The summed E-state index contributed by atoms with van der Waals surface area (Å²) in [4.78, 5) is 11.4. The molecule has 0 aliphatic carbocycles. The van der Waals surface area contributed by atoms with Gasteiger partial charge in [-0.1, -0.05) is 18.2 Å². The van der Waals surface area contributed by atoms with E-state index < -0.39 is 5.97 Å². The zero-order valence-electron chi connectivity index (χ0n) is 8.30. The lowest BCUT2D eigenvalue weighted by molar-refractivity contribution is 0.0518. The Labute approximate surface area is 86.9 Å². The smallest absolute Gasteiger partial charge is 0.358 e. The second-order valence-corrected chi connectivity index (χ2v) is 3.01. The summed E-state index contributed by atoms with van der Waals surface area (Å²) in [5, 5.41) is 8.62. The average Bonchev–Trinajstić information content (AvgIpc) is 2.29. The minimum Gasteiger partial charge on any atom is -0.461 e. The molecule has 0 N–H and O–H groups in total. The largest absolute Gasteiger partial charge is 0.461 e. The third-order valence-corrected chi connectivity index (χ3v) is 1.98. The lowest BCUT2D eigenvalue weighted by atomic mass is 10.2. The van der Waals surface area contributed by atoms with Crippen molar-refractivity contribution in [2.75, 3.05) is 6.61 Å². The molecule has 76 valence electrons. The Morgan fingerprint density at radius 3 is 2.93 bits per heavy atom. The molecule has 0 atom stereocenters. The Hall–Kier alpha value is -1.97. The molecule has 1 heterocycles. The van der Waals surface area contributed by atoms with Crippen LogP contribution in [-0.2, 0) is 4.74 Å². The fourth-order valence-electron chi connectivity index (χ4n) is 1.29. The second-order valence-electron chi connectivity index (χ2n) is 3.01. The van der Waals surface area contributed by atoms with Gasteiger partial charge in [0.2, 0.25) is 0 Å². The molecule has 0 aliphatic rings. The molecule has 0 unspecified atom stereocenters. The number of hydrogen-bond donors (Lipinski definition) is 0. The molecule has 0 amide bonds. The lowest BCUT2D eigenvalue weighted by Crippen LogP contribution is -2.07. The van der Waals surface area contributed by atoms with Crippen LogP contribution < -0.4 is 0 Å². The van der Waals surface area contributed by atoms with Crippen molar-refractivity contribution in [1.29, 1.82) is 0 Å². The molecular formula is C11H10N2O2. The van der Waals surface area contributed by atoms with Gasteiger partial charge < -0.3 is 4.74 Å². The van der Waals surface area contributed by atoms with E-state index in [0.717, 1.165) is 10.9 Å². The second kappa shape index (κ2) is 4.04. The number of ether oxygens (including phenoxy) is 1. The fourth-order valence-corrected chi connectivity index (χ4v) is 1.29. The van der Waals surface area contributed by atoms with E-state index in [9.17, 15) is 4.79 Å². The number of carbonyl (C=O) groups is 1. The van der Waals surface area contributed by atoms with E-state index in [1.165, 1.54) is 0 Å². The third-order valence-electron chi connectivity index (χ3n) is 1.98. The maximum absolute atomic E-state index is 11.4. The van der Waals surface area contributed by atoms with Gasteiger partial charge in [0.25, 0.3) is 0 Å². The van der Waals surface area contributed by atoms with E-state index >= 15 is 0 Å². The van der Waals surface area contributed by atoms with Gasteiger partial charge in [-0.3, -0.25) is 0 Å². The minimum absolute atomic E-state index is 0.246. The first-order valence-electron chi connectivity index (χ1n) is 4.71. The molecule has 0 spiro atoms. The summed E-state index contributed by atoms with van der Waals surface area (Å²) in [5.74, 6) is -0.434. The maximum Gasteiger partial charge on any atom is 0.358 e. The van der Waals surface area contributed by atoms with Gasteiger partial charge in [0.15, 0.2) is 5.69 Å². The van der Waals surface area contributed by atoms with E-state index in [2.05, 4.69) is 10.2 Å². The van der Waals surface area contributed by atoms with Crippen molar-refractivity contribution in [3.63, 3.8) is 0 Å². The Morgan fingerprint density at radius 1 is 1.33 bits per heavy atom. The van der Waals surface area contributed by atoms with Gasteiger partial charge in [0.05, 0.1) is 12.1 Å². The normalized spacial score (nSPS) is 10.2. The highest BCUT2D eigenvalue weighted by molar-refractivity contribution is 5.91. The first kappa shape index (κ1) is 9.58. The average molecular weight is 202 g/mol. The molecule has 2 aromatic rings. The van der Waals surface area contributed by atoms with E-state index in [1.54, 1.807) is 13.0 Å². The predicted molar refractivity (Wildman–Crippen MR) is 55.5 cm³/mol. The predicted octanol–water partition coefficient (Wildman–Crippen LogP) is 1.81. The molecule has 0 bridgehead atoms. The topological polar surface area (TPSA) is 52.1 Å². The summed E-state index contributed by atoms with van der Waals surface area (Å²) in [5.41, 5.74) is 1.01. The van der Waals surface area contributed by atoms with Crippen LogP contribution in [0.3, 0.4) is 0 Å². The first-order valence-corrected chi connectivity index (χ1v) is 4.71. The van der Waals surface area contributed by atoms with Crippen molar-refractivity contribution in [2.45, 2.75) is 6.92 Å². The maximum atomic E-state index is 11.4. The molecule has 0 saturated carbocycles. The van der Waals surface area contributed by atoms with Gasteiger partial charge in [0.1, 0.15) is 0 Å². The molecule has 4 nitrogen and oxygen atoms in total. The molecule has 1 aromatic carbocycles. The van der Waals surface area contributed by atoms with Crippen molar-refractivity contribution in [3.8, 4) is 0 Å². The summed E-state index contributed by atoms with van der Waals surface area (Å²) in [6.07, 6.45) is 0. The fraction of sp³-hybridized carbons (Fsp3) is 0.182. The van der Waals surface area contributed by atoms with Gasteiger partial charge in [-0.2, -0.15) is 0 Å². The molecule has 0 aliphatic heterocycles. The molecule has 0 radical (unpaired) electrons. The van der Waals surface area contributed by atoms with Gasteiger partial charge in [-0.05, 0) is 19.1 Å². The summed E-state index contributed by atoms with van der Waals surface area (Å²) in [7, 11) is 0. The molecule has 15 heavy (non-hydrogen) atoms. The monoisotopic (exact) mass is 202 g/mol. The SMILES string of the molecule is CCOC(=O)c1cc2ccccc2nn1. The van der Waals surface area contributed by atoms with Gasteiger partial charge in [-0.25, -0.2) is 4.79 Å². The van der Waals surface area contributed by atoms with Crippen LogP contribution in [0.1, 0.15) is 17.4 Å². The van der Waals surface area contributed by atoms with Crippen molar-refractivity contribution in [2.24, 2.45) is 0 Å². The van der Waals surface area contributed by atoms with Crippen molar-refractivity contribution in [3.05, 3.63) is 36.0 Å². The molecule has 1 aromatic heterocycles. The number of aromatic nitrogens is 2. The molecule has 2 rings (SSSR count). The van der Waals surface area contributed by atoms with Crippen LogP contribution in [-0.4, -0.2) is 22.8 Å². The number of hydrogen-bond acceptors (Lipinski definition) is 4. The summed E-state index contributed by atoms with van der Waals surface area (Å²) in [6, 6.07) is 9.17. The number of rotatable bonds is 2. The Balaban J connectivity index is 2.42. The summed E-state index contributed by atoms with van der Waals surface area (Å²) >= 11 is 0. The van der Waals surface area contributed by atoms with Crippen LogP contribution in [0, 0.1) is 0 Å². The first-order chi connectivity index (χ1) is 7.31. The van der Waals surface area contributed by atoms with Crippen LogP contribution in [0.25, 0.3) is 10.9 Å². The zero-order chi connectivity index (χ0) is 10.7. The molecular weight excluding hydrogens is 192 g/mol. The molecule has 4 heteroatoms.